The number of carbonyl (C=O) groups excluding carboxylic acids is 1. The lowest BCUT2D eigenvalue weighted by atomic mass is 9.89. The minimum Gasteiger partial charge on any atom is -0.492 e. The molecule has 2 heterocycles. The highest BCUT2D eigenvalue weighted by Crippen LogP contribution is 2.37. The van der Waals surface area contributed by atoms with Crippen LogP contribution in [0.15, 0.2) is 41.4 Å². The van der Waals surface area contributed by atoms with Crippen LogP contribution in [0.3, 0.4) is 0 Å². The average Bonchev–Trinajstić information content (AvgIpc) is 3.11. The molecule has 3 N–H and O–H groups in total. The van der Waals surface area contributed by atoms with Gasteiger partial charge in [-0.3, -0.25) is 9.79 Å². The van der Waals surface area contributed by atoms with Crippen LogP contribution in [0, 0.1) is 5.82 Å². The van der Waals surface area contributed by atoms with Crippen molar-refractivity contribution in [2.24, 2.45) is 10.7 Å². The second-order valence-electron chi connectivity index (χ2n) is 6.86. The van der Waals surface area contributed by atoms with E-state index in [0.29, 0.717) is 40.8 Å². The SMILES string of the molecule is CC1(c2cc(NC(=O)c3cccc4c3OCC4)ccc2F)CCSC(N)=N1. The highest BCUT2D eigenvalue weighted by molar-refractivity contribution is 8.13. The first-order valence-corrected chi connectivity index (χ1v) is 9.79. The van der Waals surface area contributed by atoms with Gasteiger partial charge >= 0.3 is 0 Å². The molecule has 0 aliphatic carbocycles. The predicted octanol–water partition coefficient (Wildman–Crippen LogP) is 3.68. The predicted molar refractivity (Wildman–Crippen MR) is 106 cm³/mol. The number of halogens is 1. The molecule has 2 aromatic carbocycles. The summed E-state index contributed by atoms with van der Waals surface area (Å²) in [5.41, 5.74) is 7.57. The summed E-state index contributed by atoms with van der Waals surface area (Å²) < 4.78 is 20.1. The third kappa shape index (κ3) is 3.39. The molecular weight excluding hydrogens is 365 g/mol. The molecule has 4 rings (SSSR count). The van der Waals surface area contributed by atoms with Crippen molar-refractivity contribution >= 4 is 28.5 Å². The number of amides is 1. The van der Waals surface area contributed by atoms with Crippen molar-refractivity contribution < 1.29 is 13.9 Å². The number of aliphatic imine (C=N–C) groups is 1. The van der Waals surface area contributed by atoms with E-state index >= 15 is 0 Å². The molecule has 2 aliphatic rings. The summed E-state index contributed by atoms with van der Waals surface area (Å²) in [5, 5.41) is 3.31. The highest BCUT2D eigenvalue weighted by Gasteiger charge is 2.32. The maximum absolute atomic E-state index is 14.5. The van der Waals surface area contributed by atoms with Crippen molar-refractivity contribution in [2.75, 3.05) is 17.7 Å². The van der Waals surface area contributed by atoms with Crippen molar-refractivity contribution in [3.05, 3.63) is 58.9 Å². The van der Waals surface area contributed by atoms with E-state index in [1.807, 2.05) is 19.1 Å². The number of nitrogens with one attached hydrogen (secondary N) is 1. The number of amidine groups is 1. The van der Waals surface area contributed by atoms with Gasteiger partial charge in [0.1, 0.15) is 11.6 Å². The maximum atomic E-state index is 14.5. The summed E-state index contributed by atoms with van der Waals surface area (Å²) in [6.07, 6.45) is 1.47. The highest BCUT2D eigenvalue weighted by atomic mass is 32.2. The summed E-state index contributed by atoms with van der Waals surface area (Å²) in [6.45, 7) is 2.44. The standard InChI is InChI=1S/C20H20FN3O2S/c1-20(8-10-27-19(22)24-20)15-11-13(5-6-16(15)21)23-18(25)14-4-2-3-12-7-9-26-17(12)14/h2-6,11H,7-10H2,1H3,(H2,22,24)(H,23,25). The Morgan fingerprint density at radius 1 is 1.37 bits per heavy atom. The van der Waals surface area contributed by atoms with Gasteiger partial charge in [-0.25, -0.2) is 4.39 Å². The van der Waals surface area contributed by atoms with E-state index in [0.717, 1.165) is 17.7 Å². The van der Waals surface area contributed by atoms with Crippen molar-refractivity contribution in [3.8, 4) is 5.75 Å². The molecule has 7 heteroatoms. The Kier molecular flexibility index (Phi) is 4.55. The van der Waals surface area contributed by atoms with Crippen LogP contribution < -0.4 is 15.8 Å². The Bertz CT molecular complexity index is 947. The number of benzene rings is 2. The zero-order valence-electron chi connectivity index (χ0n) is 14.9. The fourth-order valence-corrected chi connectivity index (χ4v) is 4.46. The number of fused-ring (bicyclic) bond motifs is 1. The molecule has 0 saturated heterocycles. The van der Waals surface area contributed by atoms with Crippen LogP contribution in [0.4, 0.5) is 10.1 Å². The van der Waals surface area contributed by atoms with Gasteiger partial charge in [0.2, 0.25) is 0 Å². The smallest absolute Gasteiger partial charge is 0.259 e. The molecule has 0 aromatic heterocycles. The molecule has 1 unspecified atom stereocenters. The Morgan fingerprint density at radius 2 is 2.22 bits per heavy atom. The van der Waals surface area contributed by atoms with E-state index in [9.17, 15) is 9.18 Å². The van der Waals surface area contributed by atoms with Crippen LogP contribution in [0.2, 0.25) is 0 Å². The normalized spacial score (nSPS) is 21.2. The van der Waals surface area contributed by atoms with Crippen molar-refractivity contribution in [3.63, 3.8) is 0 Å². The first-order valence-electron chi connectivity index (χ1n) is 8.80. The van der Waals surface area contributed by atoms with Gasteiger partial charge in [0.05, 0.1) is 17.7 Å². The van der Waals surface area contributed by atoms with Crippen molar-refractivity contribution in [1.29, 1.82) is 0 Å². The fraction of sp³-hybridized carbons (Fsp3) is 0.300. The minimum absolute atomic E-state index is 0.279. The van der Waals surface area contributed by atoms with Gasteiger partial charge in [0.25, 0.3) is 5.91 Å². The third-order valence-electron chi connectivity index (χ3n) is 4.96. The molecular formula is C20H20FN3O2S. The van der Waals surface area contributed by atoms with Gasteiger partial charge in [-0.05, 0) is 43.2 Å². The molecule has 2 aromatic rings. The number of ether oxygens (including phenoxy) is 1. The van der Waals surface area contributed by atoms with E-state index in [-0.39, 0.29) is 11.7 Å². The Labute approximate surface area is 161 Å². The summed E-state index contributed by atoms with van der Waals surface area (Å²) in [5.74, 6) is 0.766. The number of hydrogen-bond donors (Lipinski definition) is 2. The van der Waals surface area contributed by atoms with Crippen LogP contribution >= 0.6 is 11.8 Å². The Balaban J connectivity index is 1.63. The molecule has 0 spiro atoms. The number of anilines is 1. The topological polar surface area (TPSA) is 76.7 Å². The van der Waals surface area contributed by atoms with Crippen LogP contribution in [0.5, 0.6) is 5.75 Å². The summed E-state index contributed by atoms with van der Waals surface area (Å²) in [6, 6.07) is 10.1. The number of nitrogens with zero attached hydrogens (tertiary/aromatic N) is 1. The van der Waals surface area contributed by atoms with E-state index in [2.05, 4.69) is 10.3 Å². The van der Waals surface area contributed by atoms with E-state index in [1.54, 1.807) is 18.2 Å². The lowest BCUT2D eigenvalue weighted by Crippen LogP contribution is -2.29. The molecule has 1 amide bonds. The van der Waals surface area contributed by atoms with Crippen LogP contribution in [0.25, 0.3) is 0 Å². The van der Waals surface area contributed by atoms with E-state index in [4.69, 9.17) is 10.5 Å². The van der Waals surface area contributed by atoms with Crippen molar-refractivity contribution in [1.82, 2.24) is 0 Å². The zero-order chi connectivity index (χ0) is 19.0. The maximum Gasteiger partial charge on any atom is 0.259 e. The number of para-hydroxylation sites is 1. The van der Waals surface area contributed by atoms with Gasteiger partial charge in [-0.15, -0.1) is 0 Å². The van der Waals surface area contributed by atoms with Crippen LogP contribution in [0.1, 0.15) is 34.8 Å². The summed E-state index contributed by atoms with van der Waals surface area (Å²) >= 11 is 1.47. The number of rotatable bonds is 3. The van der Waals surface area contributed by atoms with Crippen molar-refractivity contribution in [2.45, 2.75) is 25.3 Å². The lowest BCUT2D eigenvalue weighted by molar-refractivity contribution is 0.102. The number of hydrogen-bond acceptors (Lipinski definition) is 5. The molecule has 0 fully saturated rings. The zero-order valence-corrected chi connectivity index (χ0v) is 15.7. The van der Waals surface area contributed by atoms with Crippen LogP contribution in [-0.2, 0) is 12.0 Å². The van der Waals surface area contributed by atoms with Gasteiger partial charge in [0, 0.05) is 23.4 Å². The second-order valence-corrected chi connectivity index (χ2v) is 7.98. The average molecular weight is 385 g/mol. The quantitative estimate of drug-likeness (QED) is 0.845. The summed E-state index contributed by atoms with van der Waals surface area (Å²) in [4.78, 5) is 17.2. The lowest BCUT2D eigenvalue weighted by Gasteiger charge is -2.30. The molecule has 27 heavy (non-hydrogen) atoms. The van der Waals surface area contributed by atoms with Gasteiger partial charge in [0.15, 0.2) is 5.17 Å². The number of nitrogens with two attached hydrogens (primary N) is 1. The number of thioether (sulfide) groups is 1. The minimum atomic E-state index is -0.739. The van der Waals surface area contributed by atoms with Gasteiger partial charge < -0.3 is 15.8 Å². The van der Waals surface area contributed by atoms with Crippen LogP contribution in [-0.4, -0.2) is 23.4 Å². The molecule has 0 saturated carbocycles. The Hall–Kier alpha value is -2.54. The molecule has 1 atom stereocenters. The van der Waals surface area contributed by atoms with Gasteiger partial charge in [-0.2, -0.15) is 0 Å². The molecule has 2 aliphatic heterocycles. The van der Waals surface area contributed by atoms with E-state index < -0.39 is 5.54 Å². The molecule has 0 bridgehead atoms. The molecule has 140 valence electrons. The van der Waals surface area contributed by atoms with E-state index in [1.165, 1.54) is 17.8 Å². The Morgan fingerprint density at radius 3 is 3.04 bits per heavy atom. The first-order chi connectivity index (χ1) is 13.0. The monoisotopic (exact) mass is 385 g/mol. The second kappa shape index (κ2) is 6.88. The molecule has 0 radical (unpaired) electrons. The summed E-state index contributed by atoms with van der Waals surface area (Å²) in [7, 11) is 0. The largest absolute Gasteiger partial charge is 0.492 e. The molecule has 5 nitrogen and oxygen atoms in total. The number of carbonyl (C=O) groups is 1. The fourth-order valence-electron chi connectivity index (χ4n) is 3.49. The third-order valence-corrected chi connectivity index (χ3v) is 5.75. The first kappa shape index (κ1) is 17.9. The van der Waals surface area contributed by atoms with Gasteiger partial charge in [-0.1, -0.05) is 23.9 Å².